The molecule has 1 aliphatic rings. The third-order valence-electron chi connectivity index (χ3n) is 2.73. The molecule has 0 spiro atoms. The molecule has 2 heterocycles. The van der Waals surface area contributed by atoms with E-state index in [0.29, 0.717) is 6.04 Å². The number of rotatable bonds is 2. The summed E-state index contributed by atoms with van der Waals surface area (Å²) >= 11 is 1.58. The molecule has 0 aromatic carbocycles. The van der Waals surface area contributed by atoms with Crippen LogP contribution in [0.4, 0.5) is 0 Å². The predicted octanol–water partition coefficient (Wildman–Crippen LogP) is 1.54. The lowest BCUT2D eigenvalue weighted by Gasteiger charge is -2.23. The van der Waals surface area contributed by atoms with Gasteiger partial charge in [0.05, 0.1) is 5.56 Å². The van der Waals surface area contributed by atoms with Crippen molar-refractivity contribution in [3.8, 4) is 0 Å². The van der Waals surface area contributed by atoms with Gasteiger partial charge in [-0.2, -0.15) is 11.3 Å². The molecule has 1 saturated heterocycles. The fourth-order valence-electron chi connectivity index (χ4n) is 1.83. The van der Waals surface area contributed by atoms with Crippen LogP contribution in [0.5, 0.6) is 0 Å². The van der Waals surface area contributed by atoms with E-state index in [-0.39, 0.29) is 5.91 Å². The van der Waals surface area contributed by atoms with Gasteiger partial charge < -0.3 is 10.6 Å². The van der Waals surface area contributed by atoms with Crippen LogP contribution < -0.4 is 10.6 Å². The Bertz CT molecular complexity index is 342. The van der Waals surface area contributed by atoms with Crippen LogP contribution in [-0.2, 0) is 0 Å². The molecule has 0 bridgehead atoms. The molecule has 0 radical (unpaired) electrons. The standard InChI is InChI=1S/C11H16N2OS/c1-8-6-15-7-10(8)11(14)13-9-3-2-4-12-5-9/h6-7,9,12H,2-5H2,1H3,(H,13,14)/t9-/m0/s1. The molecule has 1 aliphatic heterocycles. The average Bonchev–Trinajstić information content (AvgIpc) is 2.66. The van der Waals surface area contributed by atoms with Crippen molar-refractivity contribution in [1.29, 1.82) is 0 Å². The molecule has 15 heavy (non-hydrogen) atoms. The predicted molar refractivity (Wildman–Crippen MR) is 62.4 cm³/mol. The molecule has 1 aromatic rings. The van der Waals surface area contributed by atoms with Crippen LogP contribution in [0.15, 0.2) is 10.8 Å². The first-order valence-electron chi connectivity index (χ1n) is 5.32. The molecular weight excluding hydrogens is 208 g/mol. The van der Waals surface area contributed by atoms with E-state index < -0.39 is 0 Å². The summed E-state index contributed by atoms with van der Waals surface area (Å²) < 4.78 is 0. The monoisotopic (exact) mass is 224 g/mol. The number of amides is 1. The first-order chi connectivity index (χ1) is 7.27. The van der Waals surface area contributed by atoms with Crippen molar-refractivity contribution in [3.05, 3.63) is 21.9 Å². The molecule has 4 heteroatoms. The van der Waals surface area contributed by atoms with E-state index >= 15 is 0 Å². The Hall–Kier alpha value is -0.870. The molecule has 82 valence electrons. The van der Waals surface area contributed by atoms with E-state index in [0.717, 1.165) is 37.1 Å². The van der Waals surface area contributed by atoms with Crippen LogP contribution in [0.2, 0.25) is 0 Å². The van der Waals surface area contributed by atoms with Crippen molar-refractivity contribution in [2.75, 3.05) is 13.1 Å². The summed E-state index contributed by atoms with van der Waals surface area (Å²) in [7, 11) is 0. The summed E-state index contributed by atoms with van der Waals surface area (Å²) in [5.74, 6) is 0.0717. The fourth-order valence-corrected chi connectivity index (χ4v) is 2.66. The number of nitrogens with one attached hydrogen (secondary N) is 2. The van der Waals surface area contributed by atoms with Gasteiger partial charge in [-0.05, 0) is 37.3 Å². The second kappa shape index (κ2) is 4.77. The molecule has 3 nitrogen and oxygen atoms in total. The van der Waals surface area contributed by atoms with Crippen molar-refractivity contribution in [2.24, 2.45) is 0 Å². The van der Waals surface area contributed by atoms with Gasteiger partial charge in [-0.1, -0.05) is 0 Å². The molecule has 1 aromatic heterocycles. The number of hydrogen-bond donors (Lipinski definition) is 2. The van der Waals surface area contributed by atoms with E-state index in [1.54, 1.807) is 11.3 Å². The normalized spacial score (nSPS) is 21.3. The number of thiophene rings is 1. The molecule has 1 fully saturated rings. The number of piperidine rings is 1. The Labute approximate surface area is 93.9 Å². The van der Waals surface area contributed by atoms with Gasteiger partial charge in [0.2, 0.25) is 0 Å². The third kappa shape index (κ3) is 2.58. The maximum Gasteiger partial charge on any atom is 0.252 e. The second-order valence-electron chi connectivity index (χ2n) is 3.99. The zero-order valence-corrected chi connectivity index (χ0v) is 9.69. The molecule has 0 aliphatic carbocycles. The molecule has 0 unspecified atom stereocenters. The zero-order valence-electron chi connectivity index (χ0n) is 8.88. The number of carbonyl (C=O) groups is 1. The summed E-state index contributed by atoms with van der Waals surface area (Å²) in [5, 5.41) is 10.3. The largest absolute Gasteiger partial charge is 0.348 e. The van der Waals surface area contributed by atoms with Gasteiger partial charge in [-0.3, -0.25) is 4.79 Å². The summed E-state index contributed by atoms with van der Waals surface area (Å²) in [6.07, 6.45) is 2.23. The Kier molecular flexibility index (Phi) is 3.38. The van der Waals surface area contributed by atoms with Crippen LogP contribution in [0.1, 0.15) is 28.8 Å². The minimum atomic E-state index is 0.0717. The minimum Gasteiger partial charge on any atom is -0.348 e. The summed E-state index contributed by atoms with van der Waals surface area (Å²) in [4.78, 5) is 11.9. The van der Waals surface area contributed by atoms with E-state index in [2.05, 4.69) is 10.6 Å². The van der Waals surface area contributed by atoms with Crippen molar-refractivity contribution in [1.82, 2.24) is 10.6 Å². The van der Waals surface area contributed by atoms with Crippen LogP contribution in [0.25, 0.3) is 0 Å². The highest BCUT2D eigenvalue weighted by atomic mass is 32.1. The Morgan fingerprint density at radius 2 is 2.47 bits per heavy atom. The first kappa shape index (κ1) is 10.6. The van der Waals surface area contributed by atoms with Gasteiger partial charge in [0.25, 0.3) is 5.91 Å². The number of hydrogen-bond acceptors (Lipinski definition) is 3. The zero-order chi connectivity index (χ0) is 10.7. The number of aryl methyl sites for hydroxylation is 1. The first-order valence-corrected chi connectivity index (χ1v) is 6.26. The molecular formula is C11H16N2OS. The Morgan fingerprint density at radius 3 is 3.07 bits per heavy atom. The van der Waals surface area contributed by atoms with Crippen LogP contribution >= 0.6 is 11.3 Å². The van der Waals surface area contributed by atoms with Gasteiger partial charge >= 0.3 is 0 Å². The summed E-state index contributed by atoms with van der Waals surface area (Å²) in [6.45, 7) is 3.95. The van der Waals surface area contributed by atoms with Gasteiger partial charge in [0, 0.05) is 18.0 Å². The maximum atomic E-state index is 11.9. The quantitative estimate of drug-likeness (QED) is 0.800. The van der Waals surface area contributed by atoms with Crippen molar-refractivity contribution in [3.63, 3.8) is 0 Å². The third-order valence-corrected chi connectivity index (χ3v) is 3.59. The van der Waals surface area contributed by atoms with E-state index in [1.165, 1.54) is 0 Å². The highest BCUT2D eigenvalue weighted by Crippen LogP contribution is 2.14. The average molecular weight is 224 g/mol. The maximum absolute atomic E-state index is 11.9. The second-order valence-corrected chi connectivity index (χ2v) is 4.73. The molecule has 2 rings (SSSR count). The van der Waals surface area contributed by atoms with Crippen molar-refractivity contribution < 1.29 is 4.79 Å². The lowest BCUT2D eigenvalue weighted by Crippen LogP contribution is -2.45. The molecule has 1 amide bonds. The van der Waals surface area contributed by atoms with E-state index in [4.69, 9.17) is 0 Å². The smallest absolute Gasteiger partial charge is 0.252 e. The lowest BCUT2D eigenvalue weighted by atomic mass is 10.1. The van der Waals surface area contributed by atoms with Crippen LogP contribution in [-0.4, -0.2) is 25.0 Å². The molecule has 0 saturated carbocycles. The summed E-state index contributed by atoms with van der Waals surface area (Å²) in [6, 6.07) is 0.297. The van der Waals surface area contributed by atoms with E-state index in [9.17, 15) is 4.79 Å². The molecule has 1 atom stereocenters. The molecule has 2 N–H and O–H groups in total. The highest BCUT2D eigenvalue weighted by molar-refractivity contribution is 7.08. The lowest BCUT2D eigenvalue weighted by molar-refractivity contribution is 0.0930. The number of carbonyl (C=O) groups excluding carboxylic acids is 1. The Balaban J connectivity index is 1.94. The van der Waals surface area contributed by atoms with Gasteiger partial charge in [0.15, 0.2) is 0 Å². The van der Waals surface area contributed by atoms with Crippen LogP contribution in [0.3, 0.4) is 0 Å². The topological polar surface area (TPSA) is 41.1 Å². The Morgan fingerprint density at radius 1 is 1.60 bits per heavy atom. The SMILES string of the molecule is Cc1cscc1C(=O)N[C@H]1CCCNC1. The van der Waals surface area contributed by atoms with Crippen molar-refractivity contribution >= 4 is 17.2 Å². The van der Waals surface area contributed by atoms with Gasteiger partial charge in [0.1, 0.15) is 0 Å². The highest BCUT2D eigenvalue weighted by Gasteiger charge is 2.17. The van der Waals surface area contributed by atoms with E-state index in [1.807, 2.05) is 17.7 Å². The van der Waals surface area contributed by atoms with Crippen LogP contribution in [0, 0.1) is 6.92 Å². The van der Waals surface area contributed by atoms with Crippen molar-refractivity contribution in [2.45, 2.75) is 25.8 Å². The van der Waals surface area contributed by atoms with Gasteiger partial charge in [-0.25, -0.2) is 0 Å². The van der Waals surface area contributed by atoms with Gasteiger partial charge in [-0.15, -0.1) is 0 Å². The fraction of sp³-hybridized carbons (Fsp3) is 0.545. The minimum absolute atomic E-state index is 0.0717. The summed E-state index contributed by atoms with van der Waals surface area (Å²) in [5.41, 5.74) is 1.90.